The summed E-state index contributed by atoms with van der Waals surface area (Å²) in [4.78, 5) is 34.6. The zero-order valence-corrected chi connectivity index (χ0v) is 16.3. The molecule has 0 aliphatic carbocycles. The van der Waals surface area contributed by atoms with Crippen molar-refractivity contribution in [1.82, 2.24) is 9.88 Å². The van der Waals surface area contributed by atoms with Crippen molar-refractivity contribution in [2.45, 2.75) is 6.42 Å². The highest BCUT2D eigenvalue weighted by Crippen LogP contribution is 2.28. The van der Waals surface area contributed by atoms with Crippen molar-refractivity contribution in [2.75, 3.05) is 42.5 Å². The molecular weight excluding hydrogens is 402 g/mol. The van der Waals surface area contributed by atoms with E-state index in [0.717, 1.165) is 24.0 Å². The summed E-state index contributed by atoms with van der Waals surface area (Å²) in [6.45, 7) is 2.41. The molecule has 0 N–H and O–H groups in total. The van der Waals surface area contributed by atoms with Gasteiger partial charge in [-0.15, -0.1) is 0 Å². The van der Waals surface area contributed by atoms with Gasteiger partial charge in [0.15, 0.2) is 0 Å². The second-order valence-electron chi connectivity index (χ2n) is 7.18. The van der Waals surface area contributed by atoms with Crippen LogP contribution in [0.1, 0.15) is 6.42 Å². The zero-order valence-electron chi connectivity index (χ0n) is 15.5. The molecule has 1 aromatic heterocycles. The van der Waals surface area contributed by atoms with Crippen LogP contribution >= 0.6 is 11.6 Å². The lowest BCUT2D eigenvalue weighted by Crippen LogP contribution is -2.51. The highest BCUT2D eigenvalue weighted by atomic mass is 35.5. The summed E-state index contributed by atoms with van der Waals surface area (Å²) in [6, 6.07) is 6.57. The first-order chi connectivity index (χ1) is 13.9. The number of pyridine rings is 1. The Morgan fingerprint density at radius 3 is 2.38 bits per heavy atom. The number of anilines is 2. The molecule has 2 aromatic rings. The van der Waals surface area contributed by atoms with E-state index in [2.05, 4.69) is 9.88 Å². The molecule has 152 valence electrons. The molecule has 0 spiro atoms. The van der Waals surface area contributed by atoms with Gasteiger partial charge in [-0.25, -0.2) is 13.8 Å². The summed E-state index contributed by atoms with van der Waals surface area (Å²) in [6.07, 6.45) is 1.62. The van der Waals surface area contributed by atoms with Gasteiger partial charge < -0.3 is 14.7 Å². The second kappa shape index (κ2) is 7.94. The summed E-state index contributed by atoms with van der Waals surface area (Å²) >= 11 is 5.87. The van der Waals surface area contributed by atoms with Crippen molar-refractivity contribution in [3.8, 4) is 0 Å². The second-order valence-corrected chi connectivity index (χ2v) is 7.62. The molecular formula is C20H19ClF2N4O2. The molecule has 2 aliphatic rings. The number of carbonyl (C=O) groups is 2. The van der Waals surface area contributed by atoms with Crippen LogP contribution in [0, 0.1) is 17.6 Å². The van der Waals surface area contributed by atoms with E-state index >= 15 is 0 Å². The maximum Gasteiger partial charge on any atom is 0.228 e. The molecule has 2 saturated heterocycles. The lowest BCUT2D eigenvalue weighted by Gasteiger charge is -2.36. The molecule has 2 aliphatic heterocycles. The molecule has 3 heterocycles. The Labute approximate surface area is 171 Å². The zero-order chi connectivity index (χ0) is 20.5. The Bertz CT molecular complexity index is 912. The minimum absolute atomic E-state index is 0.0376. The summed E-state index contributed by atoms with van der Waals surface area (Å²) in [5.41, 5.74) is 0.140. The van der Waals surface area contributed by atoms with Gasteiger partial charge in [-0.2, -0.15) is 0 Å². The van der Waals surface area contributed by atoms with Crippen LogP contribution in [0.4, 0.5) is 20.3 Å². The molecule has 0 bridgehead atoms. The van der Waals surface area contributed by atoms with Gasteiger partial charge in [0.25, 0.3) is 0 Å². The van der Waals surface area contributed by atoms with E-state index in [1.54, 1.807) is 17.2 Å². The number of halogens is 3. The number of amides is 2. The predicted molar refractivity (Wildman–Crippen MR) is 105 cm³/mol. The van der Waals surface area contributed by atoms with E-state index in [1.807, 2.05) is 6.07 Å². The molecule has 1 atom stereocenters. The molecule has 1 unspecified atom stereocenters. The fourth-order valence-corrected chi connectivity index (χ4v) is 3.90. The monoisotopic (exact) mass is 420 g/mol. The Balaban J connectivity index is 1.38. The fraction of sp³-hybridized carbons (Fsp3) is 0.350. The minimum atomic E-state index is -0.755. The Morgan fingerprint density at radius 2 is 1.76 bits per heavy atom. The number of carbonyl (C=O) groups excluding carboxylic acids is 2. The van der Waals surface area contributed by atoms with E-state index in [0.29, 0.717) is 31.2 Å². The van der Waals surface area contributed by atoms with Crippen LogP contribution in [0.25, 0.3) is 0 Å². The number of nitrogens with zero attached hydrogens (tertiary/aromatic N) is 4. The summed E-state index contributed by atoms with van der Waals surface area (Å²) in [5.74, 6) is -1.64. The molecule has 4 rings (SSSR count). The number of hydrogen-bond donors (Lipinski definition) is 0. The van der Waals surface area contributed by atoms with E-state index < -0.39 is 17.6 Å². The van der Waals surface area contributed by atoms with Crippen LogP contribution in [0.5, 0.6) is 0 Å². The summed E-state index contributed by atoms with van der Waals surface area (Å²) in [7, 11) is 0. The summed E-state index contributed by atoms with van der Waals surface area (Å²) < 4.78 is 27.0. The highest BCUT2D eigenvalue weighted by Gasteiger charge is 2.38. The number of hydrogen-bond acceptors (Lipinski definition) is 4. The first kappa shape index (κ1) is 19.6. The Hall–Kier alpha value is -2.74. The maximum atomic E-state index is 13.5. The number of piperazine rings is 1. The van der Waals surface area contributed by atoms with Crippen LogP contribution in [-0.2, 0) is 9.59 Å². The average Bonchev–Trinajstić information content (AvgIpc) is 3.09. The third kappa shape index (κ3) is 4.17. The van der Waals surface area contributed by atoms with Gasteiger partial charge >= 0.3 is 0 Å². The van der Waals surface area contributed by atoms with Crippen molar-refractivity contribution < 1.29 is 18.4 Å². The molecule has 2 fully saturated rings. The Morgan fingerprint density at radius 1 is 1.07 bits per heavy atom. The van der Waals surface area contributed by atoms with Gasteiger partial charge in [0.05, 0.1) is 10.9 Å². The van der Waals surface area contributed by atoms with Crippen LogP contribution in [0.2, 0.25) is 5.02 Å². The van der Waals surface area contributed by atoms with Gasteiger partial charge in [0.2, 0.25) is 11.8 Å². The molecule has 9 heteroatoms. The van der Waals surface area contributed by atoms with Crippen molar-refractivity contribution in [3.05, 3.63) is 53.2 Å². The molecule has 6 nitrogen and oxygen atoms in total. The quantitative estimate of drug-likeness (QED) is 0.766. The number of rotatable bonds is 3. The third-order valence-corrected chi connectivity index (χ3v) is 5.48. The molecule has 29 heavy (non-hydrogen) atoms. The maximum absolute atomic E-state index is 13.5. The number of benzene rings is 1. The number of aromatic nitrogens is 1. The van der Waals surface area contributed by atoms with Gasteiger partial charge in [-0.05, 0) is 24.3 Å². The van der Waals surface area contributed by atoms with Crippen LogP contribution in [0.15, 0.2) is 36.5 Å². The average molecular weight is 421 g/mol. The van der Waals surface area contributed by atoms with E-state index in [1.165, 1.54) is 4.90 Å². The van der Waals surface area contributed by atoms with Crippen molar-refractivity contribution in [3.63, 3.8) is 0 Å². The Kier molecular flexibility index (Phi) is 5.36. The molecule has 2 amide bonds. The fourth-order valence-electron chi connectivity index (χ4n) is 3.79. The lowest BCUT2D eigenvalue weighted by molar-refractivity contribution is -0.136. The van der Waals surface area contributed by atoms with Crippen molar-refractivity contribution >= 4 is 34.9 Å². The van der Waals surface area contributed by atoms with Crippen LogP contribution in [0.3, 0.4) is 0 Å². The molecule has 0 radical (unpaired) electrons. The summed E-state index contributed by atoms with van der Waals surface area (Å²) in [5, 5.41) is 0.566. The molecule has 0 saturated carbocycles. The normalized spacial score (nSPS) is 19.8. The SMILES string of the molecule is O=C(C1CC(=O)N(c2cc(F)cc(F)c2)C1)N1CCN(c2ccc(Cl)cn2)CC1. The predicted octanol–water partition coefficient (Wildman–Crippen LogP) is 2.71. The van der Waals surface area contributed by atoms with Gasteiger partial charge in [-0.3, -0.25) is 9.59 Å². The van der Waals surface area contributed by atoms with E-state index in [4.69, 9.17) is 11.6 Å². The smallest absolute Gasteiger partial charge is 0.228 e. The van der Waals surface area contributed by atoms with Crippen LogP contribution in [-0.4, -0.2) is 54.4 Å². The van der Waals surface area contributed by atoms with E-state index in [-0.39, 0.29) is 30.5 Å². The van der Waals surface area contributed by atoms with Gasteiger partial charge in [0, 0.05) is 57.1 Å². The van der Waals surface area contributed by atoms with Crippen LogP contribution < -0.4 is 9.80 Å². The third-order valence-electron chi connectivity index (χ3n) is 5.26. The van der Waals surface area contributed by atoms with Gasteiger partial charge in [0.1, 0.15) is 17.5 Å². The first-order valence-electron chi connectivity index (χ1n) is 9.32. The highest BCUT2D eigenvalue weighted by molar-refractivity contribution is 6.30. The van der Waals surface area contributed by atoms with Crippen molar-refractivity contribution in [1.29, 1.82) is 0 Å². The lowest BCUT2D eigenvalue weighted by atomic mass is 10.1. The van der Waals surface area contributed by atoms with Gasteiger partial charge in [-0.1, -0.05) is 11.6 Å². The van der Waals surface area contributed by atoms with Crippen molar-refractivity contribution in [2.24, 2.45) is 5.92 Å². The minimum Gasteiger partial charge on any atom is -0.353 e. The molecule has 1 aromatic carbocycles. The topological polar surface area (TPSA) is 56.8 Å². The first-order valence-corrected chi connectivity index (χ1v) is 9.70. The largest absolute Gasteiger partial charge is 0.353 e. The standard InChI is InChI=1S/C20H19ClF2N4O2/c21-14-1-2-18(24-11-14)25-3-5-26(6-4-25)20(29)13-7-19(28)27(12-13)17-9-15(22)8-16(23)10-17/h1-2,8-11,13H,3-7,12H2. The van der Waals surface area contributed by atoms with E-state index in [9.17, 15) is 18.4 Å².